The summed E-state index contributed by atoms with van der Waals surface area (Å²) in [5.74, 6) is 0.503. The molecular formula is C21H20N4O. The van der Waals surface area contributed by atoms with Crippen LogP contribution in [0.15, 0.2) is 60.9 Å². The van der Waals surface area contributed by atoms with Crippen molar-refractivity contribution < 1.29 is 4.79 Å². The number of benzene rings is 2. The van der Waals surface area contributed by atoms with E-state index >= 15 is 0 Å². The van der Waals surface area contributed by atoms with Crippen LogP contribution in [0, 0.1) is 6.92 Å². The summed E-state index contributed by atoms with van der Waals surface area (Å²) in [5, 5.41) is 3.23. The second-order valence-electron chi connectivity index (χ2n) is 6.58. The highest BCUT2D eigenvalue weighted by Crippen LogP contribution is 2.32. The predicted molar refractivity (Wildman–Crippen MR) is 103 cm³/mol. The Hall–Kier alpha value is -3.21. The summed E-state index contributed by atoms with van der Waals surface area (Å²) in [6, 6.07) is 16.1. The van der Waals surface area contributed by atoms with Gasteiger partial charge in [-0.3, -0.25) is 4.79 Å². The highest BCUT2D eigenvalue weighted by molar-refractivity contribution is 6.06. The SMILES string of the molecule is Cc1ccccc1Nc1cnc(C(=O)N2c3ccccc3CC2C)cn1. The van der Waals surface area contributed by atoms with Crippen LogP contribution in [-0.2, 0) is 6.42 Å². The fraction of sp³-hybridized carbons (Fsp3) is 0.190. The van der Waals surface area contributed by atoms with E-state index in [0.717, 1.165) is 23.4 Å². The molecule has 5 heteroatoms. The highest BCUT2D eigenvalue weighted by Gasteiger charge is 2.31. The Balaban J connectivity index is 1.56. The number of fused-ring (bicyclic) bond motifs is 1. The molecule has 1 aliphatic heterocycles. The predicted octanol–water partition coefficient (Wildman–Crippen LogP) is 4.12. The van der Waals surface area contributed by atoms with Crippen molar-refractivity contribution in [2.24, 2.45) is 0 Å². The number of para-hydroxylation sites is 2. The fourth-order valence-electron chi connectivity index (χ4n) is 3.35. The van der Waals surface area contributed by atoms with E-state index in [9.17, 15) is 4.79 Å². The molecule has 0 bridgehead atoms. The molecule has 2 heterocycles. The number of anilines is 3. The minimum atomic E-state index is -0.114. The van der Waals surface area contributed by atoms with Gasteiger partial charge in [-0.2, -0.15) is 0 Å². The zero-order valence-electron chi connectivity index (χ0n) is 14.8. The molecule has 1 amide bonds. The first-order chi connectivity index (χ1) is 12.6. The van der Waals surface area contributed by atoms with Crippen LogP contribution >= 0.6 is 0 Å². The normalized spacial score (nSPS) is 15.6. The molecule has 26 heavy (non-hydrogen) atoms. The first kappa shape index (κ1) is 16.3. The third-order valence-corrected chi connectivity index (χ3v) is 4.70. The van der Waals surface area contributed by atoms with Crippen LogP contribution in [-0.4, -0.2) is 21.9 Å². The molecule has 0 saturated heterocycles. The van der Waals surface area contributed by atoms with E-state index in [1.807, 2.05) is 54.3 Å². The molecule has 1 unspecified atom stereocenters. The Kier molecular flexibility index (Phi) is 4.13. The molecule has 0 saturated carbocycles. The number of rotatable bonds is 3. The maximum absolute atomic E-state index is 12.9. The number of carbonyl (C=O) groups excluding carboxylic acids is 1. The van der Waals surface area contributed by atoms with Crippen molar-refractivity contribution in [1.82, 2.24) is 9.97 Å². The van der Waals surface area contributed by atoms with Crippen LogP contribution in [0.25, 0.3) is 0 Å². The number of carbonyl (C=O) groups is 1. The zero-order chi connectivity index (χ0) is 18.1. The summed E-state index contributed by atoms with van der Waals surface area (Å²) < 4.78 is 0. The Bertz CT molecular complexity index is 952. The molecule has 2 aromatic carbocycles. The molecule has 3 aromatic rings. The monoisotopic (exact) mass is 344 g/mol. The summed E-state index contributed by atoms with van der Waals surface area (Å²) in [7, 11) is 0. The maximum Gasteiger partial charge on any atom is 0.278 e. The third kappa shape index (κ3) is 2.92. The van der Waals surface area contributed by atoms with Crippen LogP contribution in [0.1, 0.15) is 28.5 Å². The minimum absolute atomic E-state index is 0.114. The highest BCUT2D eigenvalue weighted by atomic mass is 16.2. The van der Waals surface area contributed by atoms with Crippen LogP contribution in [0.2, 0.25) is 0 Å². The molecule has 0 fully saturated rings. The molecule has 0 aliphatic carbocycles. The van der Waals surface area contributed by atoms with Crippen molar-refractivity contribution in [3.63, 3.8) is 0 Å². The van der Waals surface area contributed by atoms with Crippen molar-refractivity contribution in [1.29, 1.82) is 0 Å². The van der Waals surface area contributed by atoms with E-state index in [-0.39, 0.29) is 11.9 Å². The van der Waals surface area contributed by atoms with Gasteiger partial charge >= 0.3 is 0 Å². The van der Waals surface area contributed by atoms with Gasteiger partial charge in [-0.05, 0) is 43.5 Å². The summed E-state index contributed by atoms with van der Waals surface area (Å²) in [4.78, 5) is 23.5. The molecule has 0 spiro atoms. The van der Waals surface area contributed by atoms with E-state index in [2.05, 4.69) is 28.3 Å². The number of hydrogen-bond donors (Lipinski definition) is 1. The lowest BCUT2D eigenvalue weighted by Gasteiger charge is -2.22. The van der Waals surface area contributed by atoms with Gasteiger partial charge in [0.25, 0.3) is 5.91 Å². The lowest BCUT2D eigenvalue weighted by molar-refractivity contribution is 0.0976. The van der Waals surface area contributed by atoms with Gasteiger partial charge in [0.15, 0.2) is 0 Å². The quantitative estimate of drug-likeness (QED) is 0.776. The van der Waals surface area contributed by atoms with Gasteiger partial charge in [0.05, 0.1) is 12.4 Å². The topological polar surface area (TPSA) is 58.1 Å². The summed E-state index contributed by atoms with van der Waals surface area (Å²) in [6.07, 6.45) is 4.01. The number of aryl methyl sites for hydroxylation is 1. The smallest absolute Gasteiger partial charge is 0.278 e. The van der Waals surface area contributed by atoms with Crippen molar-refractivity contribution in [2.45, 2.75) is 26.3 Å². The van der Waals surface area contributed by atoms with Crippen LogP contribution in [0.4, 0.5) is 17.2 Å². The van der Waals surface area contributed by atoms with Crippen molar-refractivity contribution in [3.05, 3.63) is 77.7 Å². The molecule has 130 valence electrons. The van der Waals surface area contributed by atoms with Gasteiger partial charge in [0, 0.05) is 17.4 Å². The molecule has 1 atom stereocenters. The first-order valence-electron chi connectivity index (χ1n) is 8.69. The van der Waals surface area contributed by atoms with Gasteiger partial charge in [-0.15, -0.1) is 0 Å². The van der Waals surface area contributed by atoms with Gasteiger partial charge in [0.1, 0.15) is 11.5 Å². The lowest BCUT2D eigenvalue weighted by atomic mass is 10.1. The van der Waals surface area contributed by atoms with Crippen molar-refractivity contribution >= 4 is 23.1 Å². The van der Waals surface area contributed by atoms with E-state index in [0.29, 0.717) is 11.5 Å². The number of nitrogens with one attached hydrogen (secondary N) is 1. The first-order valence-corrected chi connectivity index (χ1v) is 8.69. The van der Waals surface area contributed by atoms with Crippen LogP contribution in [0.5, 0.6) is 0 Å². The average molecular weight is 344 g/mol. The summed E-state index contributed by atoms with van der Waals surface area (Å²) in [5.41, 5.74) is 4.61. The van der Waals surface area contributed by atoms with Gasteiger partial charge < -0.3 is 10.2 Å². The molecule has 0 radical (unpaired) electrons. The minimum Gasteiger partial charge on any atom is -0.339 e. The lowest BCUT2D eigenvalue weighted by Crippen LogP contribution is -2.36. The van der Waals surface area contributed by atoms with Crippen LogP contribution < -0.4 is 10.2 Å². The fourth-order valence-corrected chi connectivity index (χ4v) is 3.35. The van der Waals surface area contributed by atoms with E-state index in [1.54, 1.807) is 6.20 Å². The standard InChI is InChI=1S/C21H20N4O/c1-14-7-3-5-9-17(14)24-20-13-22-18(12-23-20)21(26)25-15(2)11-16-8-4-6-10-19(16)25/h3-10,12-13,15H,11H2,1-2H3,(H,23,24). The Morgan fingerprint density at radius 3 is 2.62 bits per heavy atom. The number of hydrogen-bond acceptors (Lipinski definition) is 4. The second-order valence-corrected chi connectivity index (χ2v) is 6.58. The second kappa shape index (κ2) is 6.59. The van der Waals surface area contributed by atoms with E-state index < -0.39 is 0 Å². The molecule has 1 N–H and O–H groups in total. The van der Waals surface area contributed by atoms with E-state index in [1.165, 1.54) is 11.8 Å². The molecule has 1 aromatic heterocycles. The largest absolute Gasteiger partial charge is 0.339 e. The molecule has 1 aliphatic rings. The average Bonchev–Trinajstić information content (AvgIpc) is 2.99. The maximum atomic E-state index is 12.9. The van der Waals surface area contributed by atoms with E-state index in [4.69, 9.17) is 0 Å². The van der Waals surface area contributed by atoms with Gasteiger partial charge in [-0.25, -0.2) is 9.97 Å². The molecule has 5 nitrogen and oxygen atoms in total. The van der Waals surface area contributed by atoms with Gasteiger partial charge in [0.2, 0.25) is 0 Å². The summed E-state index contributed by atoms with van der Waals surface area (Å²) >= 11 is 0. The zero-order valence-corrected chi connectivity index (χ0v) is 14.8. The van der Waals surface area contributed by atoms with Gasteiger partial charge in [-0.1, -0.05) is 36.4 Å². The molecule has 4 rings (SSSR count). The summed E-state index contributed by atoms with van der Waals surface area (Å²) in [6.45, 7) is 4.08. The number of aromatic nitrogens is 2. The van der Waals surface area contributed by atoms with Crippen LogP contribution in [0.3, 0.4) is 0 Å². The Labute approximate surface area is 152 Å². The van der Waals surface area contributed by atoms with Crippen molar-refractivity contribution in [2.75, 3.05) is 10.2 Å². The van der Waals surface area contributed by atoms with Crippen molar-refractivity contribution in [3.8, 4) is 0 Å². The third-order valence-electron chi connectivity index (χ3n) is 4.70. The Morgan fingerprint density at radius 2 is 1.85 bits per heavy atom. The number of nitrogens with zero attached hydrogens (tertiary/aromatic N) is 3. The Morgan fingerprint density at radius 1 is 1.08 bits per heavy atom. The number of amides is 1. The molecular weight excluding hydrogens is 324 g/mol.